The zero-order valence-corrected chi connectivity index (χ0v) is 16.4. The number of carbonyl (C=O) groups is 2. The summed E-state index contributed by atoms with van der Waals surface area (Å²) >= 11 is 6.12. The first-order chi connectivity index (χ1) is 13.4. The second kappa shape index (κ2) is 8.67. The van der Waals surface area contributed by atoms with Crippen LogP contribution in [0.15, 0.2) is 66.9 Å². The van der Waals surface area contributed by atoms with Gasteiger partial charge in [-0.15, -0.1) is 0 Å². The Labute approximate surface area is 169 Å². The summed E-state index contributed by atoms with van der Waals surface area (Å²) in [5.41, 5.74) is 3.12. The first-order valence-corrected chi connectivity index (χ1v) is 9.18. The highest BCUT2D eigenvalue weighted by Crippen LogP contribution is 2.26. The summed E-state index contributed by atoms with van der Waals surface area (Å²) in [6.45, 7) is 3.46. The van der Waals surface area contributed by atoms with Crippen LogP contribution in [0, 0.1) is 6.92 Å². The molecule has 2 amide bonds. The van der Waals surface area contributed by atoms with E-state index in [1.54, 1.807) is 24.4 Å². The highest BCUT2D eigenvalue weighted by atomic mass is 35.5. The number of halogens is 1. The van der Waals surface area contributed by atoms with Crippen molar-refractivity contribution in [3.63, 3.8) is 0 Å². The van der Waals surface area contributed by atoms with Gasteiger partial charge < -0.3 is 5.32 Å². The molecule has 0 saturated heterocycles. The molecular weight excluding hydrogens is 374 g/mol. The Bertz CT molecular complexity index is 1000. The number of anilines is 3. The van der Waals surface area contributed by atoms with Gasteiger partial charge in [0.05, 0.1) is 12.1 Å². The number of nitrogens with zero attached hydrogens (tertiary/aromatic N) is 2. The third kappa shape index (κ3) is 4.75. The minimum Gasteiger partial charge on any atom is -0.326 e. The van der Waals surface area contributed by atoms with Gasteiger partial charge in [-0.3, -0.25) is 14.5 Å². The van der Waals surface area contributed by atoms with E-state index in [-0.39, 0.29) is 18.2 Å². The molecule has 0 fully saturated rings. The quantitative estimate of drug-likeness (QED) is 0.669. The van der Waals surface area contributed by atoms with Gasteiger partial charge in [-0.05, 0) is 36.8 Å². The van der Waals surface area contributed by atoms with Crippen molar-refractivity contribution in [2.75, 3.05) is 10.2 Å². The Hall–Kier alpha value is -3.18. The fourth-order valence-electron chi connectivity index (χ4n) is 2.81. The highest BCUT2D eigenvalue weighted by molar-refractivity contribution is 6.31. The van der Waals surface area contributed by atoms with E-state index in [0.717, 1.165) is 11.1 Å². The maximum Gasteiger partial charge on any atom is 0.229 e. The number of hydrogen-bond donors (Lipinski definition) is 1. The molecule has 1 N–H and O–H groups in total. The van der Waals surface area contributed by atoms with Crippen LogP contribution in [0.4, 0.5) is 17.2 Å². The zero-order valence-electron chi connectivity index (χ0n) is 15.6. The summed E-state index contributed by atoms with van der Waals surface area (Å²) in [4.78, 5) is 30.4. The van der Waals surface area contributed by atoms with E-state index in [1.807, 2.05) is 49.4 Å². The number of aromatic nitrogens is 1. The Balaban J connectivity index is 1.80. The van der Waals surface area contributed by atoms with Crippen molar-refractivity contribution in [1.82, 2.24) is 4.98 Å². The first kappa shape index (κ1) is 19.6. The van der Waals surface area contributed by atoms with Gasteiger partial charge in [-0.1, -0.05) is 47.5 Å². The predicted octanol–water partition coefficient (Wildman–Crippen LogP) is 4.91. The third-order valence-electron chi connectivity index (χ3n) is 4.17. The molecule has 0 aliphatic carbocycles. The van der Waals surface area contributed by atoms with Crippen molar-refractivity contribution in [1.29, 1.82) is 0 Å². The lowest BCUT2D eigenvalue weighted by Gasteiger charge is -2.21. The molecule has 0 saturated carbocycles. The average molecular weight is 394 g/mol. The third-order valence-corrected chi connectivity index (χ3v) is 4.54. The summed E-state index contributed by atoms with van der Waals surface area (Å²) < 4.78 is 0. The molecule has 28 heavy (non-hydrogen) atoms. The highest BCUT2D eigenvalue weighted by Gasteiger charge is 2.16. The fourth-order valence-corrected chi connectivity index (χ4v) is 3.01. The molecule has 0 aliphatic rings. The van der Waals surface area contributed by atoms with Gasteiger partial charge in [0.25, 0.3) is 0 Å². The number of carbonyl (C=O) groups excluding carboxylic acids is 2. The summed E-state index contributed by atoms with van der Waals surface area (Å²) in [6, 6.07) is 18.2. The van der Waals surface area contributed by atoms with Crippen LogP contribution in [-0.4, -0.2) is 16.8 Å². The topological polar surface area (TPSA) is 62.3 Å². The van der Waals surface area contributed by atoms with E-state index in [9.17, 15) is 9.59 Å². The molecule has 2 aromatic carbocycles. The summed E-state index contributed by atoms with van der Waals surface area (Å²) in [7, 11) is 0. The molecule has 6 heteroatoms. The molecule has 1 aromatic heterocycles. The van der Waals surface area contributed by atoms with Crippen molar-refractivity contribution in [2.24, 2.45) is 0 Å². The molecule has 5 nitrogen and oxygen atoms in total. The molecule has 3 rings (SSSR count). The summed E-state index contributed by atoms with van der Waals surface area (Å²) in [5, 5.41) is 3.39. The smallest absolute Gasteiger partial charge is 0.229 e. The lowest BCUT2D eigenvalue weighted by Crippen LogP contribution is -2.24. The Morgan fingerprint density at radius 2 is 1.79 bits per heavy atom. The van der Waals surface area contributed by atoms with Gasteiger partial charge in [0.1, 0.15) is 5.82 Å². The zero-order chi connectivity index (χ0) is 20.1. The van der Waals surface area contributed by atoms with Crippen LogP contribution in [0.2, 0.25) is 5.02 Å². The van der Waals surface area contributed by atoms with Crippen molar-refractivity contribution in [3.8, 4) is 0 Å². The Morgan fingerprint density at radius 1 is 1.07 bits per heavy atom. The van der Waals surface area contributed by atoms with Crippen molar-refractivity contribution >= 4 is 40.6 Å². The Kier molecular flexibility index (Phi) is 6.06. The van der Waals surface area contributed by atoms with Crippen molar-refractivity contribution < 1.29 is 9.59 Å². The second-order valence-electron chi connectivity index (χ2n) is 6.41. The van der Waals surface area contributed by atoms with Crippen LogP contribution >= 0.6 is 11.6 Å². The lowest BCUT2D eigenvalue weighted by molar-refractivity contribution is -0.116. The fraction of sp³-hybridized carbons (Fsp3) is 0.136. The minimum absolute atomic E-state index is 0.158. The molecule has 0 aliphatic heterocycles. The van der Waals surface area contributed by atoms with E-state index < -0.39 is 0 Å². The van der Waals surface area contributed by atoms with E-state index in [0.29, 0.717) is 22.2 Å². The molecule has 1 heterocycles. The number of benzene rings is 2. The number of pyridine rings is 1. The average Bonchev–Trinajstić information content (AvgIpc) is 2.65. The van der Waals surface area contributed by atoms with E-state index in [1.165, 1.54) is 11.8 Å². The summed E-state index contributed by atoms with van der Waals surface area (Å²) in [5.74, 6) is 0.0674. The van der Waals surface area contributed by atoms with Gasteiger partial charge >= 0.3 is 0 Å². The number of nitrogens with one attached hydrogen (secondary N) is 1. The number of amides is 2. The van der Waals surface area contributed by atoms with E-state index in [2.05, 4.69) is 10.3 Å². The van der Waals surface area contributed by atoms with Gasteiger partial charge in [0, 0.05) is 29.9 Å². The van der Waals surface area contributed by atoms with E-state index in [4.69, 9.17) is 11.6 Å². The van der Waals surface area contributed by atoms with Crippen LogP contribution in [0.5, 0.6) is 0 Å². The molecule has 0 atom stereocenters. The molecule has 0 radical (unpaired) electrons. The normalized spacial score (nSPS) is 10.4. The van der Waals surface area contributed by atoms with Gasteiger partial charge in [-0.25, -0.2) is 4.98 Å². The van der Waals surface area contributed by atoms with Crippen molar-refractivity contribution in [3.05, 3.63) is 83.0 Å². The molecule has 142 valence electrons. The van der Waals surface area contributed by atoms with Crippen LogP contribution in [0.1, 0.15) is 18.1 Å². The van der Waals surface area contributed by atoms with E-state index >= 15 is 0 Å². The number of rotatable bonds is 5. The van der Waals surface area contributed by atoms with Crippen molar-refractivity contribution in [2.45, 2.75) is 20.3 Å². The number of hydrogen-bond acceptors (Lipinski definition) is 3. The second-order valence-corrected chi connectivity index (χ2v) is 6.82. The molecule has 0 unspecified atom stereocenters. The molecule has 0 spiro atoms. The van der Waals surface area contributed by atoms with Crippen LogP contribution in [0.3, 0.4) is 0 Å². The lowest BCUT2D eigenvalue weighted by atomic mass is 10.1. The number of aryl methyl sites for hydroxylation is 1. The van der Waals surface area contributed by atoms with Crippen LogP contribution in [-0.2, 0) is 16.0 Å². The predicted molar refractivity (Wildman–Crippen MR) is 112 cm³/mol. The molecule has 0 bridgehead atoms. The maximum absolute atomic E-state index is 12.4. The minimum atomic E-state index is -0.199. The largest absolute Gasteiger partial charge is 0.326 e. The molecular formula is C22H20ClN3O2. The van der Waals surface area contributed by atoms with Gasteiger partial charge in [0.15, 0.2) is 0 Å². The maximum atomic E-state index is 12.4. The molecule has 3 aromatic rings. The SMILES string of the molecule is CC(=O)N(c1ccc(C)cc1)c1cc(NC(=O)Cc2ccccc2Cl)ccn1. The Morgan fingerprint density at radius 3 is 2.46 bits per heavy atom. The van der Waals surface area contributed by atoms with Crippen LogP contribution < -0.4 is 10.2 Å². The van der Waals surface area contributed by atoms with Crippen LogP contribution in [0.25, 0.3) is 0 Å². The van der Waals surface area contributed by atoms with Gasteiger partial charge in [-0.2, -0.15) is 0 Å². The standard InChI is InChI=1S/C22H20ClN3O2/c1-15-7-9-19(10-8-15)26(16(2)27)21-14-18(11-12-24-21)25-22(28)13-17-5-3-4-6-20(17)23/h3-12,14H,13H2,1-2H3,(H,24,25,28). The summed E-state index contributed by atoms with van der Waals surface area (Å²) in [6.07, 6.45) is 1.72. The monoisotopic (exact) mass is 393 g/mol. The first-order valence-electron chi connectivity index (χ1n) is 8.81. The van der Waals surface area contributed by atoms with Gasteiger partial charge in [0.2, 0.25) is 11.8 Å².